The summed E-state index contributed by atoms with van der Waals surface area (Å²) in [7, 11) is 0. The predicted molar refractivity (Wildman–Crippen MR) is 93.0 cm³/mol. The summed E-state index contributed by atoms with van der Waals surface area (Å²) in [5.41, 5.74) is 1.35. The third-order valence-electron chi connectivity index (χ3n) is 3.38. The van der Waals surface area contributed by atoms with Crippen molar-refractivity contribution in [1.82, 2.24) is 5.16 Å². The van der Waals surface area contributed by atoms with Gasteiger partial charge in [-0.25, -0.2) is 4.79 Å². The Kier molecular flexibility index (Phi) is 5.77. The molecule has 0 saturated heterocycles. The van der Waals surface area contributed by atoms with E-state index in [1.54, 1.807) is 19.1 Å². The Bertz CT molecular complexity index is 738. The molecule has 24 heavy (non-hydrogen) atoms. The van der Waals surface area contributed by atoms with Crippen LogP contribution in [0.25, 0.3) is 0 Å². The molecule has 0 spiro atoms. The number of rotatable bonds is 5. The Morgan fingerprint density at radius 3 is 2.42 bits per heavy atom. The van der Waals surface area contributed by atoms with Gasteiger partial charge in [0.15, 0.2) is 11.9 Å². The molecule has 0 unspecified atom stereocenters. The maximum absolute atomic E-state index is 12.4. The van der Waals surface area contributed by atoms with Gasteiger partial charge in [0.05, 0.1) is 5.69 Å². The standard InChI is InChI=1S/C17H19BrN2O4/c1-9(2)15-14(10(3)20-24-15)17(22)23-11(4)16(21)19-13-7-5-12(18)6-8-13/h5-9,11H,1-4H3,(H,19,21)/t11-/m1/s1. The number of esters is 1. The first-order valence-corrected chi connectivity index (χ1v) is 8.32. The quantitative estimate of drug-likeness (QED) is 0.773. The van der Waals surface area contributed by atoms with Gasteiger partial charge in [-0.15, -0.1) is 0 Å². The highest BCUT2D eigenvalue weighted by molar-refractivity contribution is 9.10. The molecule has 0 bridgehead atoms. The number of amides is 1. The second kappa shape index (κ2) is 7.61. The van der Waals surface area contributed by atoms with E-state index in [9.17, 15) is 9.59 Å². The minimum atomic E-state index is -0.949. The normalized spacial score (nSPS) is 12.1. The number of carbonyl (C=O) groups is 2. The van der Waals surface area contributed by atoms with Crippen LogP contribution < -0.4 is 5.32 Å². The van der Waals surface area contributed by atoms with Crippen molar-refractivity contribution < 1.29 is 18.8 Å². The molecule has 0 aliphatic carbocycles. The SMILES string of the molecule is Cc1noc(C(C)C)c1C(=O)O[C@H](C)C(=O)Nc1ccc(Br)cc1. The van der Waals surface area contributed by atoms with Crippen LogP contribution in [0.15, 0.2) is 33.3 Å². The summed E-state index contributed by atoms with van der Waals surface area (Å²) in [5, 5.41) is 6.50. The molecule has 1 aromatic heterocycles. The number of nitrogens with zero attached hydrogens (tertiary/aromatic N) is 1. The first-order chi connectivity index (χ1) is 11.3. The molecule has 0 radical (unpaired) electrons. The number of aromatic nitrogens is 1. The number of benzene rings is 1. The fourth-order valence-corrected chi connectivity index (χ4v) is 2.34. The monoisotopic (exact) mass is 394 g/mol. The van der Waals surface area contributed by atoms with Crippen molar-refractivity contribution in [1.29, 1.82) is 0 Å². The molecule has 1 heterocycles. The summed E-state index contributed by atoms with van der Waals surface area (Å²) in [5.74, 6) is -0.583. The van der Waals surface area contributed by atoms with E-state index in [4.69, 9.17) is 9.26 Å². The summed E-state index contributed by atoms with van der Waals surface area (Å²) >= 11 is 3.32. The van der Waals surface area contributed by atoms with Crippen LogP contribution in [0.3, 0.4) is 0 Å². The molecule has 2 rings (SSSR count). The molecular weight excluding hydrogens is 376 g/mol. The molecule has 0 aliphatic rings. The van der Waals surface area contributed by atoms with Crippen LogP contribution >= 0.6 is 15.9 Å². The molecular formula is C17H19BrN2O4. The van der Waals surface area contributed by atoms with E-state index in [1.165, 1.54) is 6.92 Å². The number of aryl methyl sites for hydroxylation is 1. The molecule has 1 atom stereocenters. The van der Waals surface area contributed by atoms with Crippen LogP contribution in [0.4, 0.5) is 5.69 Å². The first kappa shape index (κ1) is 18.2. The van der Waals surface area contributed by atoms with Gasteiger partial charge in [-0.3, -0.25) is 4.79 Å². The Hall–Kier alpha value is -2.15. The van der Waals surface area contributed by atoms with Crippen molar-refractivity contribution in [2.24, 2.45) is 0 Å². The Morgan fingerprint density at radius 2 is 1.83 bits per heavy atom. The second-order valence-electron chi connectivity index (χ2n) is 5.71. The average Bonchev–Trinajstić information content (AvgIpc) is 2.91. The molecule has 128 valence electrons. The van der Waals surface area contributed by atoms with Gasteiger partial charge in [0.1, 0.15) is 5.56 Å². The minimum absolute atomic E-state index is 0.0133. The zero-order valence-electron chi connectivity index (χ0n) is 13.9. The maximum atomic E-state index is 12.4. The van der Waals surface area contributed by atoms with E-state index in [-0.39, 0.29) is 11.5 Å². The third kappa shape index (κ3) is 4.23. The van der Waals surface area contributed by atoms with Crippen LogP contribution in [-0.2, 0) is 9.53 Å². The van der Waals surface area contributed by atoms with Gasteiger partial charge in [0.25, 0.3) is 5.91 Å². The lowest BCUT2D eigenvalue weighted by molar-refractivity contribution is -0.123. The summed E-state index contributed by atoms with van der Waals surface area (Å²) in [6, 6.07) is 7.11. The van der Waals surface area contributed by atoms with Crippen molar-refractivity contribution in [2.75, 3.05) is 5.32 Å². The van der Waals surface area contributed by atoms with Crippen LogP contribution in [0.1, 0.15) is 48.5 Å². The number of anilines is 1. The van der Waals surface area contributed by atoms with Crippen LogP contribution in [0, 0.1) is 6.92 Å². The fraction of sp³-hybridized carbons (Fsp3) is 0.353. The van der Waals surface area contributed by atoms with E-state index in [0.29, 0.717) is 17.1 Å². The molecule has 7 heteroatoms. The second-order valence-corrected chi connectivity index (χ2v) is 6.62. The van der Waals surface area contributed by atoms with Gasteiger partial charge in [0.2, 0.25) is 0 Å². The molecule has 0 fully saturated rings. The number of hydrogen-bond donors (Lipinski definition) is 1. The van der Waals surface area contributed by atoms with Gasteiger partial charge < -0.3 is 14.6 Å². The lowest BCUT2D eigenvalue weighted by atomic mass is 10.1. The van der Waals surface area contributed by atoms with Crippen LogP contribution in [0.2, 0.25) is 0 Å². The van der Waals surface area contributed by atoms with E-state index in [2.05, 4.69) is 26.4 Å². The van der Waals surface area contributed by atoms with Gasteiger partial charge >= 0.3 is 5.97 Å². The lowest BCUT2D eigenvalue weighted by Gasteiger charge is -2.14. The van der Waals surface area contributed by atoms with Gasteiger partial charge in [-0.1, -0.05) is 34.9 Å². The van der Waals surface area contributed by atoms with Crippen molar-refractivity contribution in [3.63, 3.8) is 0 Å². The minimum Gasteiger partial charge on any atom is -0.449 e. The zero-order chi connectivity index (χ0) is 17.9. The molecule has 1 N–H and O–H groups in total. The number of hydrogen-bond acceptors (Lipinski definition) is 5. The number of nitrogens with one attached hydrogen (secondary N) is 1. The first-order valence-electron chi connectivity index (χ1n) is 7.53. The molecule has 0 aliphatic heterocycles. The molecule has 2 aromatic rings. The summed E-state index contributed by atoms with van der Waals surface area (Å²) in [4.78, 5) is 24.5. The number of carbonyl (C=O) groups excluding carboxylic acids is 2. The maximum Gasteiger partial charge on any atom is 0.344 e. The van der Waals surface area contributed by atoms with Crippen molar-refractivity contribution >= 4 is 33.5 Å². The smallest absolute Gasteiger partial charge is 0.344 e. The lowest BCUT2D eigenvalue weighted by Crippen LogP contribution is -2.30. The molecule has 0 saturated carbocycles. The largest absolute Gasteiger partial charge is 0.449 e. The number of halogens is 1. The predicted octanol–water partition coefficient (Wildman–Crippen LogP) is 4.05. The highest BCUT2D eigenvalue weighted by atomic mass is 79.9. The average molecular weight is 395 g/mol. The van der Waals surface area contributed by atoms with Crippen molar-refractivity contribution in [3.05, 3.63) is 45.8 Å². The van der Waals surface area contributed by atoms with Gasteiger partial charge in [-0.2, -0.15) is 0 Å². The van der Waals surface area contributed by atoms with Crippen molar-refractivity contribution in [3.8, 4) is 0 Å². The van der Waals surface area contributed by atoms with Crippen LogP contribution in [0.5, 0.6) is 0 Å². The highest BCUT2D eigenvalue weighted by Crippen LogP contribution is 2.23. The van der Waals surface area contributed by atoms with E-state index in [0.717, 1.165) is 4.47 Å². The molecule has 1 aromatic carbocycles. The third-order valence-corrected chi connectivity index (χ3v) is 3.91. The van der Waals surface area contributed by atoms with E-state index in [1.807, 2.05) is 26.0 Å². The Labute approximate surface area is 148 Å². The number of ether oxygens (including phenoxy) is 1. The van der Waals surface area contributed by atoms with Gasteiger partial charge in [-0.05, 0) is 38.1 Å². The highest BCUT2D eigenvalue weighted by Gasteiger charge is 2.27. The van der Waals surface area contributed by atoms with Crippen LogP contribution in [-0.4, -0.2) is 23.1 Å². The van der Waals surface area contributed by atoms with E-state index >= 15 is 0 Å². The zero-order valence-corrected chi connectivity index (χ0v) is 15.5. The molecule has 1 amide bonds. The van der Waals surface area contributed by atoms with Crippen molar-refractivity contribution in [2.45, 2.75) is 39.7 Å². The summed E-state index contributed by atoms with van der Waals surface area (Å²) in [6.07, 6.45) is -0.949. The Balaban J connectivity index is 2.04. The summed E-state index contributed by atoms with van der Waals surface area (Å²) < 4.78 is 11.3. The van der Waals surface area contributed by atoms with Gasteiger partial charge in [0, 0.05) is 16.1 Å². The topological polar surface area (TPSA) is 81.4 Å². The fourth-order valence-electron chi connectivity index (χ4n) is 2.08. The Morgan fingerprint density at radius 1 is 1.21 bits per heavy atom. The molecule has 6 nitrogen and oxygen atoms in total. The summed E-state index contributed by atoms with van der Waals surface area (Å²) in [6.45, 7) is 6.96. The van der Waals surface area contributed by atoms with E-state index < -0.39 is 18.0 Å².